The van der Waals surface area contributed by atoms with Crippen molar-refractivity contribution in [2.24, 2.45) is 0 Å². The summed E-state index contributed by atoms with van der Waals surface area (Å²) in [7, 11) is 0. The second kappa shape index (κ2) is 7.81. The minimum atomic E-state index is -0.936. The summed E-state index contributed by atoms with van der Waals surface area (Å²) >= 11 is 11.9. The molecule has 0 radical (unpaired) electrons. The van der Waals surface area contributed by atoms with Crippen LogP contribution in [0.5, 0.6) is 0 Å². The average Bonchev–Trinajstić information content (AvgIpc) is 2.46. The van der Waals surface area contributed by atoms with E-state index in [9.17, 15) is 9.59 Å². The molecule has 1 unspecified atom stereocenters. The second-order valence-corrected chi connectivity index (χ2v) is 5.99. The number of carbonyl (C=O) groups excluding carboxylic acids is 1. The molecular formula is C15H17Cl2NO4. The predicted molar refractivity (Wildman–Crippen MR) is 83.4 cm³/mol. The van der Waals surface area contributed by atoms with Gasteiger partial charge in [0.2, 0.25) is 5.91 Å². The molecule has 22 heavy (non-hydrogen) atoms. The lowest BCUT2D eigenvalue weighted by Crippen LogP contribution is -2.49. The van der Waals surface area contributed by atoms with Gasteiger partial charge in [-0.15, -0.1) is 0 Å². The van der Waals surface area contributed by atoms with E-state index in [1.54, 1.807) is 23.1 Å². The highest BCUT2D eigenvalue weighted by Crippen LogP contribution is 2.23. The molecule has 7 heteroatoms. The van der Waals surface area contributed by atoms with Gasteiger partial charge in [-0.1, -0.05) is 29.3 Å². The van der Waals surface area contributed by atoms with Gasteiger partial charge in [0.1, 0.15) is 0 Å². The van der Waals surface area contributed by atoms with Crippen molar-refractivity contribution in [2.45, 2.75) is 25.3 Å². The van der Waals surface area contributed by atoms with Crippen LogP contribution in [-0.2, 0) is 20.7 Å². The fourth-order valence-electron chi connectivity index (χ4n) is 2.46. The van der Waals surface area contributed by atoms with Crippen molar-refractivity contribution in [2.75, 3.05) is 19.8 Å². The number of rotatable bonds is 5. The van der Waals surface area contributed by atoms with Crippen molar-refractivity contribution >= 4 is 35.1 Å². The number of carboxylic acid groups (broad SMARTS) is 1. The molecule has 1 atom stereocenters. The van der Waals surface area contributed by atoms with Crippen molar-refractivity contribution in [3.05, 3.63) is 33.8 Å². The Morgan fingerprint density at radius 1 is 1.36 bits per heavy atom. The molecule has 1 heterocycles. The van der Waals surface area contributed by atoms with Crippen molar-refractivity contribution in [1.82, 2.24) is 4.90 Å². The molecular weight excluding hydrogens is 329 g/mol. The second-order valence-electron chi connectivity index (χ2n) is 5.15. The summed E-state index contributed by atoms with van der Waals surface area (Å²) in [6.07, 6.45) is 0.664. The van der Waals surface area contributed by atoms with Gasteiger partial charge in [-0.05, 0) is 24.1 Å². The van der Waals surface area contributed by atoms with Gasteiger partial charge < -0.3 is 14.7 Å². The number of nitrogens with zero attached hydrogens (tertiary/aromatic N) is 1. The van der Waals surface area contributed by atoms with E-state index in [1.165, 1.54) is 0 Å². The van der Waals surface area contributed by atoms with E-state index < -0.39 is 12.0 Å². The van der Waals surface area contributed by atoms with Gasteiger partial charge >= 0.3 is 5.97 Å². The average molecular weight is 346 g/mol. The van der Waals surface area contributed by atoms with Crippen LogP contribution < -0.4 is 0 Å². The van der Waals surface area contributed by atoms with Gasteiger partial charge in [-0.3, -0.25) is 9.59 Å². The number of hydrogen-bond acceptors (Lipinski definition) is 3. The number of carbonyl (C=O) groups is 2. The zero-order chi connectivity index (χ0) is 16.1. The maximum absolute atomic E-state index is 12.3. The van der Waals surface area contributed by atoms with E-state index in [1.807, 2.05) is 0 Å². The Labute approximate surface area is 138 Å². The zero-order valence-corrected chi connectivity index (χ0v) is 13.4. The van der Waals surface area contributed by atoms with Crippen molar-refractivity contribution in [1.29, 1.82) is 0 Å². The lowest BCUT2D eigenvalue weighted by molar-refractivity contribution is -0.146. The summed E-state index contributed by atoms with van der Waals surface area (Å²) in [4.78, 5) is 24.8. The molecule has 1 fully saturated rings. The van der Waals surface area contributed by atoms with Gasteiger partial charge in [-0.25, -0.2) is 0 Å². The lowest BCUT2D eigenvalue weighted by Gasteiger charge is -2.35. The van der Waals surface area contributed by atoms with Gasteiger partial charge in [0.25, 0.3) is 0 Å². The first-order chi connectivity index (χ1) is 10.5. The number of aliphatic carboxylic acids is 1. The summed E-state index contributed by atoms with van der Waals surface area (Å²) < 4.78 is 5.27. The van der Waals surface area contributed by atoms with Gasteiger partial charge in [0, 0.05) is 23.0 Å². The first kappa shape index (κ1) is 17.1. The molecule has 0 aliphatic carbocycles. The molecule has 1 aromatic carbocycles. The molecule has 1 amide bonds. The van der Waals surface area contributed by atoms with Gasteiger partial charge in [0.15, 0.2) is 0 Å². The Bertz CT molecular complexity index is 564. The number of halogens is 2. The number of aryl methyl sites for hydroxylation is 1. The maximum Gasteiger partial charge on any atom is 0.305 e. The third-order valence-corrected chi connectivity index (χ3v) is 4.17. The van der Waals surface area contributed by atoms with E-state index in [-0.39, 0.29) is 25.4 Å². The molecule has 1 aliphatic heterocycles. The van der Waals surface area contributed by atoms with E-state index >= 15 is 0 Å². The SMILES string of the molecule is O=C(O)CC1COCCN1C(=O)CCc1ccc(Cl)cc1Cl. The van der Waals surface area contributed by atoms with Crippen LogP contribution in [0.25, 0.3) is 0 Å². The highest BCUT2D eigenvalue weighted by atomic mass is 35.5. The third kappa shape index (κ3) is 4.60. The highest BCUT2D eigenvalue weighted by Gasteiger charge is 2.28. The van der Waals surface area contributed by atoms with Crippen molar-refractivity contribution < 1.29 is 19.4 Å². The number of hydrogen-bond donors (Lipinski definition) is 1. The molecule has 1 N–H and O–H groups in total. The van der Waals surface area contributed by atoms with Crippen LogP contribution in [0.3, 0.4) is 0 Å². The quantitative estimate of drug-likeness (QED) is 0.890. The third-order valence-electron chi connectivity index (χ3n) is 3.58. The van der Waals surface area contributed by atoms with Crippen LogP contribution in [0.1, 0.15) is 18.4 Å². The number of ether oxygens (including phenoxy) is 1. The Hall–Kier alpha value is -1.30. The largest absolute Gasteiger partial charge is 0.481 e. The van der Waals surface area contributed by atoms with Gasteiger partial charge in [0.05, 0.1) is 25.7 Å². The summed E-state index contributed by atoms with van der Waals surface area (Å²) in [6, 6.07) is 4.77. The number of morpholine rings is 1. The van der Waals surface area contributed by atoms with E-state index in [2.05, 4.69) is 0 Å². The van der Waals surface area contributed by atoms with Gasteiger partial charge in [-0.2, -0.15) is 0 Å². The minimum absolute atomic E-state index is 0.0828. The number of amides is 1. The predicted octanol–water partition coefficient (Wildman–Crippen LogP) is 2.63. The van der Waals surface area contributed by atoms with Crippen LogP contribution >= 0.6 is 23.2 Å². The maximum atomic E-state index is 12.3. The summed E-state index contributed by atoms with van der Waals surface area (Å²) in [6.45, 7) is 1.12. The van der Waals surface area contributed by atoms with Crippen LogP contribution in [0.15, 0.2) is 18.2 Å². The standard InChI is InChI=1S/C15H17Cl2NO4/c16-11-3-1-10(13(17)7-11)2-4-14(19)18-5-6-22-9-12(18)8-15(20)21/h1,3,7,12H,2,4-6,8-9H2,(H,20,21). The fraction of sp³-hybridized carbons (Fsp3) is 0.467. The number of carboxylic acids is 1. The lowest BCUT2D eigenvalue weighted by atomic mass is 10.1. The molecule has 1 aromatic rings. The number of benzene rings is 1. The first-order valence-corrected chi connectivity index (χ1v) is 7.76. The highest BCUT2D eigenvalue weighted by molar-refractivity contribution is 6.35. The Balaban J connectivity index is 1.96. The van der Waals surface area contributed by atoms with E-state index in [4.69, 9.17) is 33.0 Å². The first-order valence-electron chi connectivity index (χ1n) is 7.00. The normalized spacial score (nSPS) is 18.3. The summed E-state index contributed by atoms with van der Waals surface area (Å²) in [5, 5.41) is 9.99. The fourth-order valence-corrected chi connectivity index (χ4v) is 2.97. The molecule has 1 aliphatic rings. The summed E-state index contributed by atoms with van der Waals surface area (Å²) in [5.41, 5.74) is 0.850. The summed E-state index contributed by atoms with van der Waals surface area (Å²) in [5.74, 6) is -1.02. The molecule has 0 aromatic heterocycles. The molecule has 1 saturated heterocycles. The van der Waals surface area contributed by atoms with Crippen LogP contribution in [-0.4, -0.2) is 47.7 Å². The molecule has 0 saturated carbocycles. The minimum Gasteiger partial charge on any atom is -0.481 e. The molecule has 0 spiro atoms. The van der Waals surface area contributed by atoms with E-state index in [0.717, 1.165) is 5.56 Å². The molecule has 2 rings (SSSR count). The van der Waals surface area contributed by atoms with Crippen LogP contribution in [0.4, 0.5) is 0 Å². The molecule has 0 bridgehead atoms. The van der Waals surface area contributed by atoms with Crippen LogP contribution in [0, 0.1) is 0 Å². The topological polar surface area (TPSA) is 66.8 Å². The molecule has 5 nitrogen and oxygen atoms in total. The monoisotopic (exact) mass is 345 g/mol. The Kier molecular flexibility index (Phi) is 6.06. The Morgan fingerprint density at radius 2 is 2.14 bits per heavy atom. The van der Waals surface area contributed by atoms with Crippen LogP contribution in [0.2, 0.25) is 10.0 Å². The smallest absolute Gasteiger partial charge is 0.305 e. The molecule has 120 valence electrons. The van der Waals surface area contributed by atoms with E-state index in [0.29, 0.717) is 29.6 Å². The van der Waals surface area contributed by atoms with Crippen molar-refractivity contribution in [3.63, 3.8) is 0 Å². The van der Waals surface area contributed by atoms with Crippen molar-refractivity contribution in [3.8, 4) is 0 Å². The Morgan fingerprint density at radius 3 is 2.82 bits per heavy atom. The zero-order valence-electron chi connectivity index (χ0n) is 11.9.